The van der Waals surface area contributed by atoms with E-state index in [0.29, 0.717) is 0 Å². The van der Waals surface area contributed by atoms with Gasteiger partial charge in [0.15, 0.2) is 0 Å². The van der Waals surface area contributed by atoms with Crippen LogP contribution in [0.5, 0.6) is 0 Å². The number of fused-ring (bicyclic) bond motifs is 1. The molecule has 0 amide bonds. The number of rotatable bonds is 2. The Bertz CT molecular complexity index is 583. The number of nitrogen functional groups attached to an aromatic ring is 1. The number of benzene rings is 2. The fourth-order valence-corrected chi connectivity index (χ4v) is 3.30. The number of nitrogens with two attached hydrogens (primary N) is 1. The Labute approximate surface area is 116 Å². The van der Waals surface area contributed by atoms with Crippen LogP contribution in [-0.4, -0.2) is 12.3 Å². The average Bonchev–Trinajstić information content (AvgIpc) is 2.42. The van der Waals surface area contributed by atoms with Crippen LogP contribution in [0.4, 0.5) is 15.8 Å². The first-order valence-electron chi connectivity index (χ1n) is 6.24. The second-order valence-electron chi connectivity index (χ2n) is 4.62. The predicted molar refractivity (Wildman–Crippen MR) is 79.0 cm³/mol. The minimum Gasteiger partial charge on any atom is -0.399 e. The molecule has 0 saturated heterocycles. The van der Waals surface area contributed by atoms with Crippen LogP contribution in [0.3, 0.4) is 0 Å². The molecule has 4 heteroatoms. The van der Waals surface area contributed by atoms with Crippen LogP contribution in [0, 0.1) is 5.82 Å². The van der Waals surface area contributed by atoms with Crippen molar-refractivity contribution in [2.24, 2.45) is 0 Å². The number of halogens is 1. The van der Waals surface area contributed by atoms with E-state index in [-0.39, 0.29) is 5.82 Å². The van der Waals surface area contributed by atoms with E-state index in [1.165, 1.54) is 22.7 Å². The molecule has 1 aliphatic rings. The Morgan fingerprint density at radius 1 is 1.16 bits per heavy atom. The highest BCUT2D eigenvalue weighted by Crippen LogP contribution is 2.36. The molecule has 1 aliphatic heterocycles. The van der Waals surface area contributed by atoms with Gasteiger partial charge in [-0.2, -0.15) is 0 Å². The van der Waals surface area contributed by atoms with E-state index < -0.39 is 0 Å². The minimum absolute atomic E-state index is 0.192. The molecule has 3 rings (SSSR count). The highest BCUT2D eigenvalue weighted by atomic mass is 32.2. The fourth-order valence-electron chi connectivity index (χ4n) is 2.26. The van der Waals surface area contributed by atoms with E-state index >= 15 is 0 Å². The monoisotopic (exact) mass is 274 g/mol. The molecule has 1 heterocycles. The summed E-state index contributed by atoms with van der Waals surface area (Å²) in [5.74, 6) is 0.876. The van der Waals surface area contributed by atoms with E-state index in [9.17, 15) is 4.39 Å². The zero-order chi connectivity index (χ0) is 13.2. The Morgan fingerprint density at radius 3 is 2.74 bits per heavy atom. The van der Waals surface area contributed by atoms with Crippen molar-refractivity contribution in [1.29, 1.82) is 0 Å². The molecule has 0 aliphatic carbocycles. The lowest BCUT2D eigenvalue weighted by molar-refractivity contribution is 0.626. The van der Waals surface area contributed by atoms with E-state index in [4.69, 9.17) is 5.73 Å². The number of hydrogen-bond donors (Lipinski definition) is 1. The first-order valence-corrected chi connectivity index (χ1v) is 7.23. The summed E-state index contributed by atoms with van der Waals surface area (Å²) in [5.41, 5.74) is 8.95. The van der Waals surface area contributed by atoms with Crippen LogP contribution in [0.1, 0.15) is 5.56 Å². The lowest BCUT2D eigenvalue weighted by Gasteiger charge is -2.31. The van der Waals surface area contributed by atoms with Gasteiger partial charge in [0.25, 0.3) is 0 Å². The first-order chi connectivity index (χ1) is 9.22. The summed E-state index contributed by atoms with van der Waals surface area (Å²) >= 11 is 1.86. The first kappa shape index (κ1) is 12.4. The third-order valence-corrected chi connectivity index (χ3v) is 4.27. The third kappa shape index (κ3) is 2.68. The van der Waals surface area contributed by atoms with Crippen molar-refractivity contribution in [2.75, 3.05) is 22.9 Å². The van der Waals surface area contributed by atoms with Gasteiger partial charge in [0, 0.05) is 29.4 Å². The Balaban J connectivity index is 1.87. The molecule has 2 aromatic carbocycles. The van der Waals surface area contributed by atoms with Crippen LogP contribution in [0.15, 0.2) is 47.4 Å². The van der Waals surface area contributed by atoms with Gasteiger partial charge in [-0.05, 0) is 35.9 Å². The van der Waals surface area contributed by atoms with E-state index in [2.05, 4.69) is 11.0 Å². The molecule has 0 bridgehead atoms. The van der Waals surface area contributed by atoms with Crippen molar-refractivity contribution in [2.45, 2.75) is 11.4 Å². The summed E-state index contributed by atoms with van der Waals surface area (Å²) in [5, 5.41) is 0. The van der Waals surface area contributed by atoms with Gasteiger partial charge >= 0.3 is 0 Å². The lowest BCUT2D eigenvalue weighted by atomic mass is 10.2. The normalized spacial score (nSPS) is 14.3. The summed E-state index contributed by atoms with van der Waals surface area (Å²) in [6.07, 6.45) is 0. The molecule has 0 spiro atoms. The van der Waals surface area contributed by atoms with Crippen molar-refractivity contribution < 1.29 is 4.39 Å². The van der Waals surface area contributed by atoms with Gasteiger partial charge in [-0.1, -0.05) is 12.1 Å². The SMILES string of the molecule is Nc1ccc2c(c1)N(Cc1ccc(F)cc1)CCS2. The molecule has 0 fully saturated rings. The molecule has 0 unspecified atom stereocenters. The zero-order valence-electron chi connectivity index (χ0n) is 10.5. The van der Waals surface area contributed by atoms with Gasteiger partial charge in [0.05, 0.1) is 5.69 Å². The lowest BCUT2D eigenvalue weighted by Crippen LogP contribution is -2.28. The number of nitrogens with zero attached hydrogens (tertiary/aromatic N) is 1. The van der Waals surface area contributed by atoms with Crippen molar-refractivity contribution in [3.8, 4) is 0 Å². The Kier molecular flexibility index (Phi) is 3.34. The third-order valence-electron chi connectivity index (χ3n) is 3.23. The van der Waals surface area contributed by atoms with Crippen LogP contribution < -0.4 is 10.6 Å². The highest BCUT2D eigenvalue weighted by molar-refractivity contribution is 7.99. The smallest absolute Gasteiger partial charge is 0.123 e. The van der Waals surface area contributed by atoms with Gasteiger partial charge in [0.1, 0.15) is 5.82 Å². The standard InChI is InChI=1S/C15H15FN2S/c16-12-3-1-11(2-4-12)10-18-7-8-19-15-6-5-13(17)9-14(15)18/h1-6,9H,7-8,10,17H2. The molecule has 0 saturated carbocycles. The topological polar surface area (TPSA) is 29.3 Å². The average molecular weight is 274 g/mol. The van der Waals surface area contributed by atoms with Crippen molar-refractivity contribution in [3.63, 3.8) is 0 Å². The second kappa shape index (κ2) is 5.13. The molecule has 0 aromatic heterocycles. The summed E-state index contributed by atoms with van der Waals surface area (Å²) in [6.45, 7) is 1.77. The van der Waals surface area contributed by atoms with Crippen LogP contribution in [0.2, 0.25) is 0 Å². The number of anilines is 2. The second-order valence-corrected chi connectivity index (χ2v) is 5.76. The molecule has 19 heavy (non-hydrogen) atoms. The van der Waals surface area contributed by atoms with Gasteiger partial charge in [-0.3, -0.25) is 0 Å². The van der Waals surface area contributed by atoms with Gasteiger partial charge < -0.3 is 10.6 Å². The minimum atomic E-state index is -0.192. The summed E-state index contributed by atoms with van der Waals surface area (Å²) in [6, 6.07) is 12.7. The molecule has 2 N–H and O–H groups in total. The van der Waals surface area contributed by atoms with Crippen LogP contribution in [-0.2, 0) is 6.54 Å². The molecule has 0 atom stereocenters. The molecule has 98 valence electrons. The quantitative estimate of drug-likeness (QED) is 0.850. The van der Waals surface area contributed by atoms with Crippen molar-refractivity contribution in [3.05, 3.63) is 53.8 Å². The van der Waals surface area contributed by atoms with Gasteiger partial charge in [-0.15, -0.1) is 11.8 Å². The van der Waals surface area contributed by atoms with Crippen molar-refractivity contribution >= 4 is 23.1 Å². The van der Waals surface area contributed by atoms with Gasteiger partial charge in [0.2, 0.25) is 0 Å². The number of thioether (sulfide) groups is 1. The van der Waals surface area contributed by atoms with Crippen LogP contribution in [0.25, 0.3) is 0 Å². The zero-order valence-corrected chi connectivity index (χ0v) is 11.3. The fraction of sp³-hybridized carbons (Fsp3) is 0.200. The Morgan fingerprint density at radius 2 is 1.95 bits per heavy atom. The van der Waals surface area contributed by atoms with Crippen molar-refractivity contribution in [1.82, 2.24) is 0 Å². The molecular formula is C15H15FN2S. The molecular weight excluding hydrogens is 259 g/mol. The van der Waals surface area contributed by atoms with E-state index in [1.807, 2.05) is 36.0 Å². The maximum absolute atomic E-state index is 12.9. The van der Waals surface area contributed by atoms with Gasteiger partial charge in [-0.25, -0.2) is 4.39 Å². The summed E-state index contributed by atoms with van der Waals surface area (Å²) in [4.78, 5) is 3.57. The Hall–Kier alpha value is -1.68. The summed E-state index contributed by atoms with van der Waals surface area (Å²) in [7, 11) is 0. The van der Waals surface area contributed by atoms with Crippen LogP contribution >= 0.6 is 11.8 Å². The maximum atomic E-state index is 12.9. The molecule has 0 radical (unpaired) electrons. The number of hydrogen-bond acceptors (Lipinski definition) is 3. The van der Waals surface area contributed by atoms with E-state index in [1.54, 1.807) is 0 Å². The molecule has 2 nitrogen and oxygen atoms in total. The highest BCUT2D eigenvalue weighted by Gasteiger charge is 2.17. The molecule has 2 aromatic rings. The maximum Gasteiger partial charge on any atom is 0.123 e. The predicted octanol–water partition coefficient (Wildman–Crippen LogP) is 3.52. The largest absolute Gasteiger partial charge is 0.399 e. The van der Waals surface area contributed by atoms with E-state index in [0.717, 1.165) is 30.1 Å². The summed E-state index contributed by atoms with van der Waals surface area (Å²) < 4.78 is 12.9.